The van der Waals surface area contributed by atoms with Gasteiger partial charge < -0.3 is 10.4 Å². The van der Waals surface area contributed by atoms with Crippen molar-refractivity contribution in [3.05, 3.63) is 20.8 Å². The second kappa shape index (κ2) is 7.41. The van der Waals surface area contributed by atoms with Crippen molar-refractivity contribution in [3.8, 4) is 0 Å². The maximum absolute atomic E-state index is 11.7. The fourth-order valence-electron chi connectivity index (χ4n) is 2.49. The fourth-order valence-corrected chi connectivity index (χ4v) is 4.01. The standard InChI is InChI=1S/C14H20BrNO2S/c15-13-7-6-12(19-13)2-1-3-14(18)16-9-10-4-5-11(17)8-10/h6-7,10-11,17H,1-5,8-9H2,(H,16,18). The van der Waals surface area contributed by atoms with Crippen molar-refractivity contribution in [2.24, 2.45) is 5.92 Å². The number of aliphatic hydroxyl groups excluding tert-OH is 1. The van der Waals surface area contributed by atoms with E-state index in [0.717, 1.165) is 42.4 Å². The van der Waals surface area contributed by atoms with E-state index >= 15 is 0 Å². The molecule has 5 heteroatoms. The fraction of sp³-hybridized carbons (Fsp3) is 0.643. The molecule has 1 aliphatic rings. The Kier molecular flexibility index (Phi) is 5.85. The molecule has 2 N–H and O–H groups in total. The van der Waals surface area contributed by atoms with Gasteiger partial charge in [0.05, 0.1) is 9.89 Å². The average molecular weight is 346 g/mol. The molecule has 0 aliphatic heterocycles. The van der Waals surface area contributed by atoms with Crippen LogP contribution < -0.4 is 5.32 Å². The second-order valence-electron chi connectivity index (χ2n) is 5.20. The third-order valence-corrected chi connectivity index (χ3v) is 5.24. The molecular weight excluding hydrogens is 326 g/mol. The number of hydrogen-bond acceptors (Lipinski definition) is 3. The van der Waals surface area contributed by atoms with Gasteiger partial charge in [0, 0.05) is 17.8 Å². The van der Waals surface area contributed by atoms with Gasteiger partial charge in [-0.05, 0) is 66.1 Å². The molecule has 2 rings (SSSR count). The molecular formula is C14H20BrNO2S. The first-order valence-electron chi connectivity index (χ1n) is 6.82. The maximum atomic E-state index is 11.7. The molecule has 1 amide bonds. The first-order valence-corrected chi connectivity index (χ1v) is 8.43. The lowest BCUT2D eigenvalue weighted by Crippen LogP contribution is -2.28. The monoisotopic (exact) mass is 345 g/mol. The van der Waals surface area contributed by atoms with Crippen LogP contribution in [0.15, 0.2) is 15.9 Å². The molecule has 1 fully saturated rings. The predicted molar refractivity (Wildman–Crippen MR) is 81.3 cm³/mol. The van der Waals surface area contributed by atoms with Crippen LogP contribution in [-0.4, -0.2) is 23.7 Å². The summed E-state index contributed by atoms with van der Waals surface area (Å²) < 4.78 is 1.15. The van der Waals surface area contributed by atoms with Gasteiger partial charge in [0.2, 0.25) is 5.91 Å². The molecule has 19 heavy (non-hydrogen) atoms. The molecule has 0 bridgehead atoms. The van der Waals surface area contributed by atoms with Crippen molar-refractivity contribution in [1.29, 1.82) is 0 Å². The third kappa shape index (κ3) is 5.24. The SMILES string of the molecule is O=C(CCCc1ccc(Br)s1)NCC1CCC(O)C1. The molecule has 0 radical (unpaired) electrons. The smallest absolute Gasteiger partial charge is 0.220 e. The molecule has 1 saturated carbocycles. The maximum Gasteiger partial charge on any atom is 0.220 e. The van der Waals surface area contributed by atoms with E-state index in [0.29, 0.717) is 12.3 Å². The zero-order valence-electron chi connectivity index (χ0n) is 10.9. The Morgan fingerprint density at radius 1 is 1.47 bits per heavy atom. The number of hydrogen-bond donors (Lipinski definition) is 2. The van der Waals surface area contributed by atoms with E-state index in [4.69, 9.17) is 0 Å². The largest absolute Gasteiger partial charge is 0.393 e. The minimum Gasteiger partial charge on any atom is -0.393 e. The van der Waals surface area contributed by atoms with Crippen LogP contribution in [0.3, 0.4) is 0 Å². The van der Waals surface area contributed by atoms with Gasteiger partial charge in [-0.15, -0.1) is 11.3 Å². The van der Waals surface area contributed by atoms with E-state index in [1.807, 2.05) is 6.07 Å². The summed E-state index contributed by atoms with van der Waals surface area (Å²) in [5.41, 5.74) is 0. The van der Waals surface area contributed by atoms with Crippen LogP contribution in [0.25, 0.3) is 0 Å². The van der Waals surface area contributed by atoms with Crippen LogP contribution in [0.5, 0.6) is 0 Å². The van der Waals surface area contributed by atoms with Gasteiger partial charge >= 0.3 is 0 Å². The van der Waals surface area contributed by atoms with E-state index in [1.165, 1.54) is 4.88 Å². The van der Waals surface area contributed by atoms with E-state index in [1.54, 1.807) is 11.3 Å². The summed E-state index contributed by atoms with van der Waals surface area (Å²) in [4.78, 5) is 13.0. The quantitative estimate of drug-likeness (QED) is 0.832. The lowest BCUT2D eigenvalue weighted by molar-refractivity contribution is -0.121. The van der Waals surface area contributed by atoms with E-state index in [-0.39, 0.29) is 12.0 Å². The Balaban J connectivity index is 1.57. The lowest BCUT2D eigenvalue weighted by Gasteiger charge is -2.10. The number of rotatable bonds is 6. The molecule has 1 aromatic rings. The summed E-state index contributed by atoms with van der Waals surface area (Å²) in [6.07, 6.45) is 5.05. The summed E-state index contributed by atoms with van der Waals surface area (Å²) in [5, 5.41) is 12.4. The van der Waals surface area contributed by atoms with Crippen LogP contribution in [0.2, 0.25) is 0 Å². The highest BCUT2D eigenvalue weighted by Gasteiger charge is 2.22. The number of carbonyl (C=O) groups is 1. The van der Waals surface area contributed by atoms with Crippen molar-refractivity contribution in [2.75, 3.05) is 6.54 Å². The molecule has 0 spiro atoms. The van der Waals surface area contributed by atoms with E-state index in [9.17, 15) is 9.90 Å². The van der Waals surface area contributed by atoms with Gasteiger partial charge in [0.15, 0.2) is 0 Å². The first-order chi connectivity index (χ1) is 9.13. The van der Waals surface area contributed by atoms with Crippen molar-refractivity contribution < 1.29 is 9.90 Å². The Bertz CT molecular complexity index is 421. The lowest BCUT2D eigenvalue weighted by atomic mass is 10.1. The molecule has 1 aromatic heterocycles. The summed E-state index contributed by atoms with van der Waals surface area (Å²) in [6, 6.07) is 4.15. The molecule has 106 valence electrons. The Morgan fingerprint density at radius 3 is 2.95 bits per heavy atom. The van der Waals surface area contributed by atoms with Crippen LogP contribution in [0, 0.1) is 5.92 Å². The summed E-state index contributed by atoms with van der Waals surface area (Å²) in [7, 11) is 0. The number of carbonyl (C=O) groups excluding carboxylic acids is 1. The number of thiophene rings is 1. The summed E-state index contributed by atoms with van der Waals surface area (Å²) in [6.45, 7) is 0.723. The van der Waals surface area contributed by atoms with Gasteiger partial charge in [-0.2, -0.15) is 0 Å². The average Bonchev–Trinajstić information content (AvgIpc) is 2.96. The van der Waals surface area contributed by atoms with Gasteiger partial charge in [-0.25, -0.2) is 0 Å². The topological polar surface area (TPSA) is 49.3 Å². The number of aliphatic hydroxyl groups is 1. The zero-order chi connectivity index (χ0) is 13.7. The highest BCUT2D eigenvalue weighted by molar-refractivity contribution is 9.11. The molecule has 3 nitrogen and oxygen atoms in total. The molecule has 2 atom stereocenters. The van der Waals surface area contributed by atoms with Crippen LogP contribution >= 0.6 is 27.3 Å². The Hall–Kier alpha value is -0.390. The number of nitrogens with one attached hydrogen (secondary N) is 1. The zero-order valence-corrected chi connectivity index (χ0v) is 13.3. The highest BCUT2D eigenvalue weighted by atomic mass is 79.9. The summed E-state index contributed by atoms with van der Waals surface area (Å²) in [5.74, 6) is 0.601. The Morgan fingerprint density at radius 2 is 2.32 bits per heavy atom. The number of halogens is 1. The van der Waals surface area contributed by atoms with Crippen molar-refractivity contribution in [3.63, 3.8) is 0 Å². The predicted octanol–water partition coefficient (Wildman–Crippen LogP) is 3.11. The van der Waals surface area contributed by atoms with Gasteiger partial charge in [0.1, 0.15) is 0 Å². The third-order valence-electron chi connectivity index (χ3n) is 3.56. The second-order valence-corrected chi connectivity index (χ2v) is 7.74. The number of amides is 1. The molecule has 0 aromatic carbocycles. The van der Waals surface area contributed by atoms with Crippen LogP contribution in [0.1, 0.15) is 37.0 Å². The van der Waals surface area contributed by atoms with Gasteiger partial charge in [0.25, 0.3) is 0 Å². The van der Waals surface area contributed by atoms with Crippen molar-refractivity contribution >= 4 is 33.2 Å². The molecule has 1 heterocycles. The Labute approximate surface area is 126 Å². The van der Waals surface area contributed by atoms with Gasteiger partial charge in [-0.3, -0.25) is 4.79 Å². The first kappa shape index (κ1) is 15.0. The van der Waals surface area contributed by atoms with E-state index < -0.39 is 0 Å². The molecule has 0 saturated heterocycles. The number of aryl methyl sites for hydroxylation is 1. The normalized spacial score (nSPS) is 22.6. The molecule has 2 unspecified atom stereocenters. The van der Waals surface area contributed by atoms with Crippen molar-refractivity contribution in [1.82, 2.24) is 5.32 Å². The molecule has 1 aliphatic carbocycles. The van der Waals surface area contributed by atoms with E-state index in [2.05, 4.69) is 27.3 Å². The van der Waals surface area contributed by atoms with Crippen LogP contribution in [-0.2, 0) is 11.2 Å². The van der Waals surface area contributed by atoms with Crippen LogP contribution in [0.4, 0.5) is 0 Å². The summed E-state index contributed by atoms with van der Waals surface area (Å²) >= 11 is 5.17. The van der Waals surface area contributed by atoms with Gasteiger partial charge in [-0.1, -0.05) is 0 Å². The van der Waals surface area contributed by atoms with Crippen molar-refractivity contribution in [2.45, 2.75) is 44.6 Å². The minimum absolute atomic E-state index is 0.136. The minimum atomic E-state index is -0.154. The highest BCUT2D eigenvalue weighted by Crippen LogP contribution is 2.25.